The summed E-state index contributed by atoms with van der Waals surface area (Å²) in [5.41, 5.74) is 2.28. The summed E-state index contributed by atoms with van der Waals surface area (Å²) in [6.45, 7) is 3.54. The molecule has 2 aromatic rings. The van der Waals surface area contributed by atoms with E-state index in [1.165, 1.54) is 12.1 Å². The fourth-order valence-electron chi connectivity index (χ4n) is 3.34. The van der Waals surface area contributed by atoms with Gasteiger partial charge in [0.1, 0.15) is 5.82 Å². The maximum atomic E-state index is 13.2. The molecular formula is C22H26FN3O3. The third-order valence-electron chi connectivity index (χ3n) is 4.81. The highest BCUT2D eigenvalue weighted by Crippen LogP contribution is 2.19. The summed E-state index contributed by atoms with van der Waals surface area (Å²) in [4.78, 5) is 25.6. The maximum absolute atomic E-state index is 13.2. The van der Waals surface area contributed by atoms with E-state index < -0.39 is 0 Å². The highest BCUT2D eigenvalue weighted by Gasteiger charge is 2.23. The zero-order chi connectivity index (χ0) is 20.6. The van der Waals surface area contributed by atoms with E-state index in [1.807, 2.05) is 24.3 Å². The molecular weight excluding hydrogens is 373 g/mol. The van der Waals surface area contributed by atoms with Crippen LogP contribution in [0.4, 0.5) is 20.6 Å². The van der Waals surface area contributed by atoms with Gasteiger partial charge in [0.05, 0.1) is 13.0 Å². The molecule has 2 amide bonds. The molecule has 0 saturated carbocycles. The lowest BCUT2D eigenvalue weighted by atomic mass is 10.0. The van der Waals surface area contributed by atoms with Gasteiger partial charge in [-0.3, -0.25) is 4.79 Å². The van der Waals surface area contributed by atoms with E-state index in [9.17, 15) is 14.0 Å². The highest BCUT2D eigenvalue weighted by molar-refractivity contribution is 5.92. The lowest BCUT2D eigenvalue weighted by molar-refractivity contribution is -0.115. The smallest absolute Gasteiger partial charge is 0.409 e. The number of piperidine rings is 1. The number of likely N-dealkylation sites (tertiary alicyclic amines) is 1. The number of halogens is 1. The molecule has 1 aliphatic heterocycles. The first kappa shape index (κ1) is 20.6. The normalized spacial score (nSPS) is 14.3. The number of carbonyl (C=O) groups excluding carboxylic acids is 2. The van der Waals surface area contributed by atoms with E-state index in [4.69, 9.17) is 4.74 Å². The Morgan fingerprint density at radius 2 is 1.79 bits per heavy atom. The number of hydrogen-bond donors (Lipinski definition) is 2. The van der Waals surface area contributed by atoms with Gasteiger partial charge in [0.2, 0.25) is 5.91 Å². The van der Waals surface area contributed by atoms with Gasteiger partial charge in [-0.25, -0.2) is 9.18 Å². The van der Waals surface area contributed by atoms with Gasteiger partial charge in [0, 0.05) is 30.5 Å². The van der Waals surface area contributed by atoms with Crippen LogP contribution in [0.1, 0.15) is 25.3 Å². The minimum Gasteiger partial charge on any atom is -0.450 e. The van der Waals surface area contributed by atoms with Gasteiger partial charge in [0.15, 0.2) is 0 Å². The molecule has 6 nitrogen and oxygen atoms in total. The minimum absolute atomic E-state index is 0.122. The van der Waals surface area contributed by atoms with Crippen LogP contribution in [0.25, 0.3) is 0 Å². The van der Waals surface area contributed by atoms with Crippen LogP contribution < -0.4 is 10.6 Å². The summed E-state index contributed by atoms with van der Waals surface area (Å²) in [5, 5.41) is 6.29. The fourth-order valence-corrected chi connectivity index (χ4v) is 3.34. The Labute approximate surface area is 170 Å². The maximum Gasteiger partial charge on any atom is 0.409 e. The van der Waals surface area contributed by atoms with E-state index in [0.29, 0.717) is 30.9 Å². The monoisotopic (exact) mass is 399 g/mol. The predicted molar refractivity (Wildman–Crippen MR) is 110 cm³/mol. The summed E-state index contributed by atoms with van der Waals surface area (Å²) in [5.74, 6) is -0.540. The van der Waals surface area contributed by atoms with Gasteiger partial charge in [-0.05, 0) is 61.7 Å². The van der Waals surface area contributed by atoms with Crippen molar-refractivity contribution in [1.29, 1.82) is 0 Å². The lowest BCUT2D eigenvalue weighted by Gasteiger charge is -2.32. The first-order valence-electron chi connectivity index (χ1n) is 9.86. The van der Waals surface area contributed by atoms with Gasteiger partial charge < -0.3 is 20.3 Å². The molecule has 1 saturated heterocycles. The average Bonchev–Trinajstić information content (AvgIpc) is 2.70. The Kier molecular flexibility index (Phi) is 7.05. The summed E-state index contributed by atoms with van der Waals surface area (Å²) in [7, 11) is 0. The van der Waals surface area contributed by atoms with Crippen molar-refractivity contribution >= 4 is 23.4 Å². The van der Waals surface area contributed by atoms with E-state index in [1.54, 1.807) is 24.0 Å². The largest absolute Gasteiger partial charge is 0.450 e. The molecule has 0 spiro atoms. The number of benzene rings is 2. The molecule has 0 unspecified atom stereocenters. The number of ether oxygens (including phenoxy) is 1. The van der Waals surface area contributed by atoms with E-state index in [-0.39, 0.29) is 30.3 Å². The van der Waals surface area contributed by atoms with Crippen molar-refractivity contribution in [1.82, 2.24) is 4.90 Å². The molecule has 0 aromatic heterocycles. The molecule has 1 aliphatic rings. The van der Waals surface area contributed by atoms with Gasteiger partial charge in [-0.2, -0.15) is 0 Å². The quantitative estimate of drug-likeness (QED) is 0.769. The van der Waals surface area contributed by atoms with Crippen molar-refractivity contribution in [3.63, 3.8) is 0 Å². The van der Waals surface area contributed by atoms with Crippen LogP contribution in [-0.4, -0.2) is 42.6 Å². The Hall–Kier alpha value is -3.09. The Balaban J connectivity index is 1.45. The number of nitrogens with zero attached hydrogens (tertiary/aromatic N) is 1. The third-order valence-corrected chi connectivity index (χ3v) is 4.81. The van der Waals surface area contributed by atoms with Crippen LogP contribution in [0, 0.1) is 5.82 Å². The molecule has 3 rings (SSSR count). The molecule has 0 aliphatic carbocycles. The van der Waals surface area contributed by atoms with Crippen molar-refractivity contribution in [2.45, 2.75) is 32.2 Å². The first-order chi connectivity index (χ1) is 14.0. The van der Waals surface area contributed by atoms with Crippen molar-refractivity contribution in [2.24, 2.45) is 0 Å². The molecule has 1 heterocycles. The average molecular weight is 399 g/mol. The highest BCUT2D eigenvalue weighted by atomic mass is 19.1. The topological polar surface area (TPSA) is 70.7 Å². The van der Waals surface area contributed by atoms with Gasteiger partial charge in [-0.15, -0.1) is 0 Å². The SMILES string of the molecule is CCOC(=O)N1CCC(Nc2ccc(NC(=O)Cc3cccc(F)c3)cc2)CC1. The number of anilines is 2. The zero-order valence-electron chi connectivity index (χ0n) is 16.5. The number of nitrogens with one attached hydrogen (secondary N) is 2. The zero-order valence-corrected chi connectivity index (χ0v) is 16.5. The Bertz CT molecular complexity index is 833. The van der Waals surface area contributed by atoms with Crippen LogP contribution in [0.3, 0.4) is 0 Å². The standard InChI is InChI=1S/C22H26FN3O3/c1-2-29-22(28)26-12-10-20(11-13-26)24-18-6-8-19(9-7-18)25-21(27)15-16-4-3-5-17(23)14-16/h3-9,14,20,24H,2,10-13,15H2,1H3,(H,25,27). The number of carbonyl (C=O) groups is 2. The summed E-state index contributed by atoms with van der Waals surface area (Å²) in [6, 6.07) is 13.8. The van der Waals surface area contributed by atoms with Crippen LogP contribution in [0.5, 0.6) is 0 Å². The minimum atomic E-state index is -0.348. The number of amides is 2. The van der Waals surface area contributed by atoms with E-state index in [2.05, 4.69) is 10.6 Å². The van der Waals surface area contributed by atoms with Crippen LogP contribution in [0.2, 0.25) is 0 Å². The van der Waals surface area contributed by atoms with Crippen LogP contribution in [0.15, 0.2) is 48.5 Å². The second-order valence-corrected chi connectivity index (χ2v) is 7.04. The summed E-state index contributed by atoms with van der Waals surface area (Å²) in [6.07, 6.45) is 1.58. The molecule has 0 bridgehead atoms. The first-order valence-corrected chi connectivity index (χ1v) is 9.86. The van der Waals surface area contributed by atoms with Gasteiger partial charge in [0.25, 0.3) is 0 Å². The molecule has 2 aromatic carbocycles. The van der Waals surface area contributed by atoms with Gasteiger partial charge >= 0.3 is 6.09 Å². The van der Waals surface area contributed by atoms with Crippen molar-refractivity contribution < 1.29 is 18.7 Å². The molecule has 1 fully saturated rings. The van der Waals surface area contributed by atoms with E-state index >= 15 is 0 Å². The third kappa shape index (κ3) is 6.20. The lowest BCUT2D eigenvalue weighted by Crippen LogP contribution is -2.42. The fraction of sp³-hybridized carbons (Fsp3) is 0.364. The molecule has 154 valence electrons. The molecule has 0 atom stereocenters. The van der Waals surface area contributed by atoms with E-state index in [0.717, 1.165) is 18.5 Å². The molecule has 2 N–H and O–H groups in total. The summed E-state index contributed by atoms with van der Waals surface area (Å²) >= 11 is 0. The Morgan fingerprint density at radius 1 is 1.10 bits per heavy atom. The number of rotatable bonds is 6. The van der Waals surface area contributed by atoms with Gasteiger partial charge in [-0.1, -0.05) is 12.1 Å². The van der Waals surface area contributed by atoms with Crippen molar-refractivity contribution in [3.8, 4) is 0 Å². The van der Waals surface area contributed by atoms with Crippen molar-refractivity contribution in [2.75, 3.05) is 30.3 Å². The molecule has 7 heteroatoms. The van der Waals surface area contributed by atoms with Crippen molar-refractivity contribution in [3.05, 3.63) is 59.9 Å². The summed E-state index contributed by atoms with van der Waals surface area (Å²) < 4.78 is 18.2. The molecule has 0 radical (unpaired) electrons. The van der Waals surface area contributed by atoms with Crippen LogP contribution in [-0.2, 0) is 16.0 Å². The molecule has 29 heavy (non-hydrogen) atoms. The van der Waals surface area contributed by atoms with Crippen LogP contribution >= 0.6 is 0 Å². The predicted octanol–water partition coefficient (Wildman–Crippen LogP) is 4.04. The Morgan fingerprint density at radius 3 is 2.45 bits per heavy atom. The second-order valence-electron chi connectivity index (χ2n) is 7.04. The number of hydrogen-bond acceptors (Lipinski definition) is 4. The second kappa shape index (κ2) is 9.91.